The highest BCUT2D eigenvalue weighted by Gasteiger charge is 2.26. The lowest BCUT2D eigenvalue weighted by Crippen LogP contribution is -2.48. The monoisotopic (exact) mass is 496 g/mol. The van der Waals surface area contributed by atoms with E-state index in [-0.39, 0.29) is 11.8 Å². The summed E-state index contributed by atoms with van der Waals surface area (Å²) in [5.41, 5.74) is 6.49. The molecule has 5 rings (SSSR count). The Kier molecular flexibility index (Phi) is 6.95. The molecule has 1 aromatic heterocycles. The molecule has 37 heavy (non-hydrogen) atoms. The molecule has 0 atom stereocenters. The van der Waals surface area contributed by atoms with Gasteiger partial charge < -0.3 is 19.9 Å². The highest BCUT2D eigenvalue weighted by molar-refractivity contribution is 6.35. The highest BCUT2D eigenvalue weighted by atomic mass is 16.5. The summed E-state index contributed by atoms with van der Waals surface area (Å²) in [4.78, 5) is 33.2. The number of aromatic nitrogens is 1. The molecule has 7 nitrogen and oxygen atoms in total. The van der Waals surface area contributed by atoms with Gasteiger partial charge >= 0.3 is 0 Å². The third kappa shape index (κ3) is 4.94. The number of nitrogens with zero attached hydrogens (tertiary/aromatic N) is 3. The fourth-order valence-electron chi connectivity index (χ4n) is 5.13. The van der Waals surface area contributed by atoms with Crippen LogP contribution in [0, 0.1) is 0 Å². The number of piperazine rings is 1. The van der Waals surface area contributed by atoms with E-state index in [0.29, 0.717) is 18.7 Å². The van der Waals surface area contributed by atoms with Crippen molar-refractivity contribution in [2.75, 3.05) is 43.5 Å². The molecule has 1 fully saturated rings. The average Bonchev–Trinajstić information content (AvgIpc) is 3.23. The minimum atomic E-state index is -0.120. The predicted octanol–water partition coefficient (Wildman–Crippen LogP) is 4.87. The summed E-state index contributed by atoms with van der Waals surface area (Å²) in [7, 11) is 1.69. The molecule has 2 aliphatic heterocycles. The second kappa shape index (κ2) is 10.5. The fraction of sp³-hybridized carbons (Fsp3) is 0.300. The van der Waals surface area contributed by atoms with Crippen molar-refractivity contribution in [3.8, 4) is 16.9 Å². The lowest BCUT2D eigenvalue weighted by Gasteiger charge is -2.34. The van der Waals surface area contributed by atoms with E-state index < -0.39 is 0 Å². The van der Waals surface area contributed by atoms with Crippen LogP contribution in [0.5, 0.6) is 5.75 Å². The second-order valence-electron chi connectivity index (χ2n) is 9.46. The molecule has 0 unspecified atom stereocenters. The average molecular weight is 497 g/mol. The number of benzene rings is 2. The van der Waals surface area contributed by atoms with Crippen molar-refractivity contribution in [3.05, 3.63) is 71.4 Å². The third-order valence-corrected chi connectivity index (χ3v) is 7.07. The Morgan fingerprint density at radius 1 is 1.11 bits per heavy atom. The molecule has 0 bridgehead atoms. The first kappa shape index (κ1) is 24.6. The summed E-state index contributed by atoms with van der Waals surface area (Å²) in [6, 6.07) is 16.2. The number of carbonyl (C=O) groups excluding carboxylic acids is 2. The lowest BCUT2D eigenvalue weighted by molar-refractivity contribution is -0.129. The Morgan fingerprint density at radius 3 is 2.59 bits per heavy atom. The molecule has 2 amide bonds. The van der Waals surface area contributed by atoms with E-state index in [0.717, 1.165) is 65.4 Å². The van der Waals surface area contributed by atoms with Gasteiger partial charge in [0.2, 0.25) is 5.91 Å². The number of rotatable bonds is 6. The number of nitrogens with one attached hydrogen (secondary N) is 1. The Morgan fingerprint density at radius 2 is 1.92 bits per heavy atom. The first-order valence-corrected chi connectivity index (χ1v) is 12.8. The van der Waals surface area contributed by atoms with E-state index in [4.69, 9.17) is 4.74 Å². The van der Waals surface area contributed by atoms with Gasteiger partial charge in [-0.1, -0.05) is 31.5 Å². The predicted molar refractivity (Wildman–Crippen MR) is 148 cm³/mol. The number of hydrogen-bond acceptors (Lipinski definition) is 5. The van der Waals surface area contributed by atoms with Crippen LogP contribution in [0.3, 0.4) is 0 Å². The number of carbonyl (C=O) groups is 2. The highest BCUT2D eigenvalue weighted by Crippen LogP contribution is 2.40. The molecule has 0 saturated carbocycles. The Labute approximate surface area is 217 Å². The summed E-state index contributed by atoms with van der Waals surface area (Å²) < 4.78 is 5.70. The molecule has 2 aromatic carbocycles. The van der Waals surface area contributed by atoms with E-state index in [1.165, 1.54) is 5.56 Å². The van der Waals surface area contributed by atoms with Crippen molar-refractivity contribution in [1.29, 1.82) is 0 Å². The Hall–Kier alpha value is -4.13. The molecule has 190 valence electrons. The number of anilines is 2. The van der Waals surface area contributed by atoms with Crippen LogP contribution in [0.25, 0.3) is 22.8 Å². The van der Waals surface area contributed by atoms with Crippen molar-refractivity contribution < 1.29 is 14.3 Å². The first-order valence-electron chi connectivity index (χ1n) is 12.8. The first-order chi connectivity index (χ1) is 18.0. The van der Waals surface area contributed by atoms with Crippen molar-refractivity contribution in [1.82, 2.24) is 9.88 Å². The van der Waals surface area contributed by atoms with Gasteiger partial charge in [0.1, 0.15) is 11.6 Å². The largest absolute Gasteiger partial charge is 0.496 e. The maximum absolute atomic E-state index is 12.9. The van der Waals surface area contributed by atoms with Crippen molar-refractivity contribution >= 4 is 35.0 Å². The molecular formula is C30H32N4O3. The van der Waals surface area contributed by atoms with E-state index in [9.17, 15) is 9.59 Å². The zero-order valence-corrected chi connectivity index (χ0v) is 21.6. The van der Waals surface area contributed by atoms with Gasteiger partial charge in [-0.2, -0.15) is 0 Å². The summed E-state index contributed by atoms with van der Waals surface area (Å²) >= 11 is 0. The van der Waals surface area contributed by atoms with Crippen LogP contribution in [0.2, 0.25) is 0 Å². The van der Waals surface area contributed by atoms with Gasteiger partial charge in [-0.25, -0.2) is 4.98 Å². The van der Waals surface area contributed by atoms with Crippen LogP contribution in [-0.2, 0) is 16.0 Å². The summed E-state index contributed by atoms with van der Waals surface area (Å²) in [6.45, 7) is 6.70. The Bertz CT molecular complexity index is 1360. The molecule has 0 spiro atoms. The summed E-state index contributed by atoms with van der Waals surface area (Å²) in [6.07, 6.45) is 5.68. The standard InChI is InChI=1S/C30H32N4O3/c1-4-6-22-7-5-8-27(37-3)29(22)23-10-11-26-24(18-23)25(30(36)32-26)17-21-9-12-28(31-19-21)34-15-13-33(14-16-34)20(2)35/h5,7-12,17-19H,4,6,13-16H2,1-3H3,(H,32,36)/b25-17-. The summed E-state index contributed by atoms with van der Waals surface area (Å²) in [5, 5.41) is 2.99. The number of methoxy groups -OCH3 is 1. The molecule has 3 aromatic rings. The SMILES string of the molecule is CCCc1cccc(OC)c1-c1ccc2c(c1)/C(=C/c1ccc(N3CCN(C(C)=O)CC3)nc1)C(=O)N2. The molecule has 0 radical (unpaired) electrons. The number of pyridine rings is 1. The number of hydrogen-bond donors (Lipinski definition) is 1. The van der Waals surface area contributed by atoms with Gasteiger partial charge in [0, 0.05) is 61.7 Å². The normalized spacial score (nSPS) is 16.1. The van der Waals surface area contributed by atoms with Gasteiger partial charge in [-0.3, -0.25) is 9.59 Å². The minimum Gasteiger partial charge on any atom is -0.496 e. The third-order valence-electron chi connectivity index (χ3n) is 7.07. The van der Waals surface area contributed by atoms with Gasteiger partial charge in [-0.05, 0) is 59.5 Å². The second-order valence-corrected chi connectivity index (χ2v) is 9.46. The number of fused-ring (bicyclic) bond motifs is 1. The van der Waals surface area contributed by atoms with Crippen LogP contribution in [-0.4, -0.2) is 55.0 Å². The van der Waals surface area contributed by atoms with E-state index in [2.05, 4.69) is 34.3 Å². The van der Waals surface area contributed by atoms with Gasteiger partial charge in [0.25, 0.3) is 5.91 Å². The van der Waals surface area contributed by atoms with Crippen molar-refractivity contribution in [3.63, 3.8) is 0 Å². The maximum atomic E-state index is 12.9. The molecule has 1 N–H and O–H groups in total. The number of aryl methyl sites for hydroxylation is 1. The minimum absolute atomic E-state index is 0.111. The van der Waals surface area contributed by atoms with Crippen molar-refractivity contribution in [2.45, 2.75) is 26.7 Å². The smallest absolute Gasteiger partial charge is 0.256 e. The van der Waals surface area contributed by atoms with Crippen molar-refractivity contribution in [2.24, 2.45) is 0 Å². The van der Waals surface area contributed by atoms with E-state index in [1.807, 2.05) is 47.4 Å². The molecule has 7 heteroatoms. The van der Waals surface area contributed by atoms with Crippen LogP contribution >= 0.6 is 0 Å². The summed E-state index contributed by atoms with van der Waals surface area (Å²) in [5.74, 6) is 1.70. The molecule has 0 aliphatic carbocycles. The number of ether oxygens (including phenoxy) is 1. The molecule has 2 aliphatic rings. The molecular weight excluding hydrogens is 464 g/mol. The van der Waals surface area contributed by atoms with Crippen LogP contribution in [0.1, 0.15) is 37.0 Å². The van der Waals surface area contributed by atoms with Crippen LogP contribution < -0.4 is 15.0 Å². The molecule has 1 saturated heterocycles. The maximum Gasteiger partial charge on any atom is 0.256 e. The topological polar surface area (TPSA) is 74.8 Å². The van der Waals surface area contributed by atoms with E-state index in [1.54, 1.807) is 20.2 Å². The van der Waals surface area contributed by atoms with Gasteiger partial charge in [0.05, 0.1) is 7.11 Å². The zero-order valence-electron chi connectivity index (χ0n) is 21.6. The molecule has 3 heterocycles. The number of amides is 2. The van der Waals surface area contributed by atoms with Crippen LogP contribution in [0.15, 0.2) is 54.7 Å². The van der Waals surface area contributed by atoms with Gasteiger partial charge in [0.15, 0.2) is 0 Å². The Balaban J connectivity index is 1.43. The zero-order chi connectivity index (χ0) is 25.9. The fourth-order valence-corrected chi connectivity index (χ4v) is 5.13. The lowest BCUT2D eigenvalue weighted by atomic mass is 9.93. The quantitative estimate of drug-likeness (QED) is 0.493. The van der Waals surface area contributed by atoms with E-state index >= 15 is 0 Å². The van der Waals surface area contributed by atoms with Crippen LogP contribution in [0.4, 0.5) is 11.5 Å². The van der Waals surface area contributed by atoms with Gasteiger partial charge in [-0.15, -0.1) is 0 Å².